The van der Waals surface area contributed by atoms with E-state index in [4.69, 9.17) is 4.42 Å². The number of fused-ring (bicyclic) bond motifs is 2. The summed E-state index contributed by atoms with van der Waals surface area (Å²) in [5.74, 6) is 0. The maximum absolute atomic E-state index is 12.1. The van der Waals surface area contributed by atoms with Crippen LogP contribution < -0.4 is 5.63 Å². The van der Waals surface area contributed by atoms with Crippen LogP contribution in [0.2, 0.25) is 0 Å². The van der Waals surface area contributed by atoms with E-state index in [0.29, 0.717) is 6.04 Å². The molecule has 1 atom stereocenters. The lowest BCUT2D eigenvalue weighted by molar-refractivity contribution is 0.213. The second-order valence-corrected chi connectivity index (χ2v) is 7.50. The van der Waals surface area contributed by atoms with Crippen LogP contribution >= 0.6 is 0 Å². The van der Waals surface area contributed by atoms with Gasteiger partial charge in [-0.05, 0) is 68.0 Å². The number of rotatable bonds is 3. The fourth-order valence-corrected chi connectivity index (χ4v) is 4.22. The van der Waals surface area contributed by atoms with E-state index in [1.165, 1.54) is 17.5 Å². The van der Waals surface area contributed by atoms with Gasteiger partial charge in [0, 0.05) is 24.0 Å². The maximum Gasteiger partial charge on any atom is 0.336 e. The molecule has 0 amide bonds. The van der Waals surface area contributed by atoms with Gasteiger partial charge in [0.25, 0.3) is 0 Å². The van der Waals surface area contributed by atoms with Gasteiger partial charge in [-0.3, -0.25) is 4.90 Å². The first-order valence-corrected chi connectivity index (χ1v) is 9.35. The molecule has 4 rings (SSSR count). The van der Waals surface area contributed by atoms with E-state index < -0.39 is 0 Å². The van der Waals surface area contributed by atoms with Crippen molar-refractivity contribution in [3.8, 4) is 0 Å². The normalized spacial score (nSPS) is 16.8. The Morgan fingerprint density at radius 1 is 1.15 bits per heavy atom. The zero-order valence-electron chi connectivity index (χ0n) is 15.7. The highest BCUT2D eigenvalue weighted by Crippen LogP contribution is 2.35. The second-order valence-electron chi connectivity index (χ2n) is 7.50. The van der Waals surface area contributed by atoms with Crippen molar-refractivity contribution in [2.45, 2.75) is 45.7 Å². The molecule has 0 bridgehead atoms. The summed E-state index contributed by atoms with van der Waals surface area (Å²) in [4.78, 5) is 14.5. The van der Waals surface area contributed by atoms with Gasteiger partial charge in [-0.25, -0.2) is 4.79 Å². The molecular formula is C23H25NO2. The summed E-state index contributed by atoms with van der Waals surface area (Å²) < 4.78 is 5.52. The predicted octanol–water partition coefficient (Wildman–Crippen LogP) is 4.92. The Morgan fingerprint density at radius 3 is 2.81 bits per heavy atom. The number of hydrogen-bond donors (Lipinski definition) is 0. The minimum absolute atomic E-state index is 0.265. The van der Waals surface area contributed by atoms with Crippen LogP contribution in [0, 0.1) is 13.8 Å². The molecule has 26 heavy (non-hydrogen) atoms. The molecule has 0 saturated heterocycles. The molecule has 0 unspecified atom stereocenters. The van der Waals surface area contributed by atoms with E-state index in [9.17, 15) is 4.79 Å². The highest BCUT2D eigenvalue weighted by Gasteiger charge is 2.24. The quantitative estimate of drug-likeness (QED) is 0.631. The van der Waals surface area contributed by atoms with E-state index in [-0.39, 0.29) is 5.63 Å². The van der Waals surface area contributed by atoms with Crippen LogP contribution in [-0.4, -0.2) is 11.9 Å². The van der Waals surface area contributed by atoms with Crippen LogP contribution in [0.25, 0.3) is 11.0 Å². The fraction of sp³-hybridized carbons (Fsp3) is 0.348. The van der Waals surface area contributed by atoms with Crippen molar-refractivity contribution >= 4 is 11.0 Å². The number of aryl methyl sites for hydroxylation is 3. The first-order chi connectivity index (χ1) is 12.5. The first-order valence-electron chi connectivity index (χ1n) is 9.35. The molecule has 0 aliphatic heterocycles. The number of hydrogen-bond acceptors (Lipinski definition) is 3. The Labute approximate surface area is 154 Å². The fourth-order valence-electron chi connectivity index (χ4n) is 4.22. The summed E-state index contributed by atoms with van der Waals surface area (Å²) in [6.45, 7) is 4.81. The molecular weight excluding hydrogens is 322 g/mol. The Hall–Kier alpha value is -2.39. The van der Waals surface area contributed by atoms with E-state index in [0.717, 1.165) is 47.0 Å². The summed E-state index contributed by atoms with van der Waals surface area (Å²) in [6.07, 6.45) is 3.53. The molecule has 1 heterocycles. The van der Waals surface area contributed by atoms with E-state index in [2.05, 4.69) is 48.3 Å². The standard InChI is InChI=1S/C23H25NO2/c1-15-11-12-20-18(13-22(25)26-23(20)16(15)2)14-24(3)21-10-6-8-17-7-4-5-9-19(17)21/h4-5,7,9,11-13,21H,6,8,10,14H2,1-3H3/t21-/m0/s1. The molecule has 0 saturated carbocycles. The monoisotopic (exact) mass is 347 g/mol. The van der Waals surface area contributed by atoms with Gasteiger partial charge in [-0.2, -0.15) is 0 Å². The molecule has 1 aromatic heterocycles. The van der Waals surface area contributed by atoms with Gasteiger partial charge in [-0.15, -0.1) is 0 Å². The molecule has 3 nitrogen and oxygen atoms in total. The van der Waals surface area contributed by atoms with Crippen LogP contribution in [0.15, 0.2) is 51.7 Å². The number of nitrogens with zero attached hydrogens (tertiary/aromatic N) is 1. The van der Waals surface area contributed by atoms with E-state index in [1.54, 1.807) is 6.07 Å². The SMILES string of the molecule is Cc1ccc2c(CN(C)[C@H]3CCCc4ccccc43)cc(=O)oc2c1C. The van der Waals surface area contributed by atoms with E-state index in [1.807, 2.05) is 13.8 Å². The van der Waals surface area contributed by atoms with Gasteiger partial charge in [0.2, 0.25) is 0 Å². The van der Waals surface area contributed by atoms with Crippen LogP contribution in [-0.2, 0) is 13.0 Å². The minimum atomic E-state index is -0.265. The van der Waals surface area contributed by atoms with Gasteiger partial charge in [0.15, 0.2) is 0 Å². The van der Waals surface area contributed by atoms with Crippen LogP contribution in [0.5, 0.6) is 0 Å². The molecule has 0 N–H and O–H groups in total. The molecule has 3 heteroatoms. The van der Waals surface area contributed by atoms with Crippen LogP contribution in [0.1, 0.15) is 46.7 Å². The molecule has 1 aliphatic rings. The average Bonchev–Trinajstić information content (AvgIpc) is 2.64. The summed E-state index contributed by atoms with van der Waals surface area (Å²) in [6, 6.07) is 15.0. The van der Waals surface area contributed by atoms with Crippen molar-refractivity contribution in [3.05, 3.63) is 80.7 Å². The minimum Gasteiger partial charge on any atom is -0.422 e. The molecule has 3 aromatic rings. The molecule has 2 aromatic carbocycles. The first kappa shape index (κ1) is 17.0. The third-order valence-electron chi connectivity index (χ3n) is 5.81. The van der Waals surface area contributed by atoms with Crippen LogP contribution in [0.3, 0.4) is 0 Å². The maximum atomic E-state index is 12.1. The topological polar surface area (TPSA) is 33.5 Å². The summed E-state index contributed by atoms with van der Waals surface area (Å²) in [5.41, 5.74) is 6.59. The summed E-state index contributed by atoms with van der Waals surface area (Å²) in [7, 11) is 2.16. The predicted molar refractivity (Wildman–Crippen MR) is 106 cm³/mol. The zero-order valence-corrected chi connectivity index (χ0v) is 15.7. The van der Waals surface area contributed by atoms with E-state index >= 15 is 0 Å². The zero-order chi connectivity index (χ0) is 18.3. The lowest BCUT2D eigenvalue weighted by Gasteiger charge is -2.33. The molecule has 134 valence electrons. The van der Waals surface area contributed by atoms with Crippen LogP contribution in [0.4, 0.5) is 0 Å². The summed E-state index contributed by atoms with van der Waals surface area (Å²) in [5, 5.41) is 1.05. The third-order valence-corrected chi connectivity index (χ3v) is 5.81. The van der Waals surface area contributed by atoms with Crippen molar-refractivity contribution < 1.29 is 4.42 Å². The largest absolute Gasteiger partial charge is 0.422 e. The van der Waals surface area contributed by atoms with Crippen molar-refractivity contribution in [1.82, 2.24) is 4.90 Å². The lowest BCUT2D eigenvalue weighted by atomic mass is 9.87. The molecule has 0 spiro atoms. The van der Waals surface area contributed by atoms with Gasteiger partial charge in [-0.1, -0.05) is 36.4 Å². The van der Waals surface area contributed by atoms with Gasteiger partial charge < -0.3 is 4.42 Å². The Balaban J connectivity index is 1.72. The second kappa shape index (κ2) is 6.73. The summed E-state index contributed by atoms with van der Waals surface area (Å²) >= 11 is 0. The average molecular weight is 347 g/mol. The Kier molecular flexibility index (Phi) is 4.41. The van der Waals surface area contributed by atoms with Gasteiger partial charge in [0.1, 0.15) is 5.58 Å². The molecule has 1 aliphatic carbocycles. The van der Waals surface area contributed by atoms with Crippen molar-refractivity contribution in [2.24, 2.45) is 0 Å². The molecule has 0 radical (unpaired) electrons. The smallest absolute Gasteiger partial charge is 0.336 e. The van der Waals surface area contributed by atoms with Crippen molar-refractivity contribution in [1.29, 1.82) is 0 Å². The Morgan fingerprint density at radius 2 is 1.96 bits per heavy atom. The van der Waals surface area contributed by atoms with Crippen molar-refractivity contribution in [2.75, 3.05) is 7.05 Å². The third kappa shape index (κ3) is 2.97. The molecule has 0 fully saturated rings. The Bertz CT molecular complexity index is 1020. The van der Waals surface area contributed by atoms with Gasteiger partial charge >= 0.3 is 5.63 Å². The van der Waals surface area contributed by atoms with Gasteiger partial charge in [0.05, 0.1) is 0 Å². The van der Waals surface area contributed by atoms with Crippen molar-refractivity contribution in [3.63, 3.8) is 0 Å². The lowest BCUT2D eigenvalue weighted by Crippen LogP contribution is -2.27. The highest BCUT2D eigenvalue weighted by atomic mass is 16.4. The number of benzene rings is 2. The highest BCUT2D eigenvalue weighted by molar-refractivity contribution is 5.83.